The first kappa shape index (κ1) is 36.6. The van der Waals surface area contributed by atoms with Gasteiger partial charge in [0, 0.05) is 45.9 Å². The Kier molecular flexibility index (Phi) is 11.9. The van der Waals surface area contributed by atoms with Gasteiger partial charge in [0.2, 0.25) is 17.6 Å². The lowest BCUT2D eigenvalue weighted by Crippen LogP contribution is -2.56. The summed E-state index contributed by atoms with van der Waals surface area (Å²) < 4.78 is 15.7. The molecule has 0 bridgehead atoms. The van der Waals surface area contributed by atoms with Gasteiger partial charge in [0.15, 0.2) is 11.5 Å². The van der Waals surface area contributed by atoms with E-state index in [2.05, 4.69) is 5.32 Å². The number of nitrogens with one attached hydrogen (secondary N) is 1. The predicted molar refractivity (Wildman–Crippen MR) is 166 cm³/mol. The Balaban J connectivity index is 2.18. The standard InChI is InChI=1S/C33H35N3O12/c1-17(2)29-32(43)36(16-28(41)34-24(30(42)33(44)45)12-22-10-8-7-9-11-22)25(15-35(29)18(3)37)23-13-26(46-19(4)38)31(48-21(6)40)27(14-23)47-20(5)39/h7-11,13-15,17,24,29H,12,16H2,1-6H3,(H,34,41)(H,44,45)/t24-,29-/m0/s1. The SMILES string of the molecule is CC(=O)Oc1cc(C2=CN(C(C)=O)[C@@H](C(C)C)C(=O)N2CC(=O)N[C@@H](Cc2ccccc2)C(=O)C(=O)O)cc(OC(C)=O)c1OC(C)=O. The summed E-state index contributed by atoms with van der Waals surface area (Å²) in [5, 5.41) is 11.8. The second-order valence-electron chi connectivity index (χ2n) is 11.1. The molecule has 0 fully saturated rings. The van der Waals surface area contributed by atoms with Crippen LogP contribution in [0.4, 0.5) is 0 Å². The third-order valence-electron chi connectivity index (χ3n) is 6.88. The number of hydrogen-bond donors (Lipinski definition) is 2. The highest BCUT2D eigenvalue weighted by Crippen LogP contribution is 2.42. The molecular weight excluding hydrogens is 630 g/mol. The van der Waals surface area contributed by atoms with E-state index in [0.29, 0.717) is 5.56 Å². The number of carbonyl (C=O) groups is 8. The van der Waals surface area contributed by atoms with Crippen LogP contribution in [0, 0.1) is 5.92 Å². The highest BCUT2D eigenvalue weighted by Gasteiger charge is 2.41. The van der Waals surface area contributed by atoms with E-state index in [1.54, 1.807) is 44.2 Å². The molecule has 0 saturated heterocycles. The summed E-state index contributed by atoms with van der Waals surface area (Å²) in [5.41, 5.74) is 0.436. The van der Waals surface area contributed by atoms with Gasteiger partial charge in [-0.3, -0.25) is 38.5 Å². The van der Waals surface area contributed by atoms with Crippen LogP contribution in [-0.4, -0.2) is 80.9 Å². The van der Waals surface area contributed by atoms with Gasteiger partial charge in [0.05, 0.1) is 5.70 Å². The van der Waals surface area contributed by atoms with Gasteiger partial charge < -0.3 is 29.5 Å². The summed E-state index contributed by atoms with van der Waals surface area (Å²) in [7, 11) is 0. The molecule has 2 aromatic rings. The van der Waals surface area contributed by atoms with E-state index in [0.717, 1.165) is 30.6 Å². The summed E-state index contributed by atoms with van der Waals surface area (Å²) in [5.74, 6) is -9.43. The first-order valence-corrected chi connectivity index (χ1v) is 14.7. The van der Waals surface area contributed by atoms with Gasteiger partial charge in [0.25, 0.3) is 11.7 Å². The number of hydrogen-bond acceptors (Lipinski definition) is 11. The first-order valence-electron chi connectivity index (χ1n) is 14.7. The van der Waals surface area contributed by atoms with Crippen molar-refractivity contribution in [3.8, 4) is 17.2 Å². The smallest absolute Gasteiger partial charge is 0.374 e. The minimum atomic E-state index is -1.77. The molecule has 0 aliphatic carbocycles. The van der Waals surface area contributed by atoms with Crippen molar-refractivity contribution in [1.82, 2.24) is 15.1 Å². The number of aliphatic carboxylic acids is 1. The van der Waals surface area contributed by atoms with Crippen LogP contribution in [0.3, 0.4) is 0 Å². The molecule has 0 spiro atoms. The van der Waals surface area contributed by atoms with Gasteiger partial charge in [-0.25, -0.2) is 4.79 Å². The fraction of sp³-hybridized carbons (Fsp3) is 0.333. The van der Waals surface area contributed by atoms with Gasteiger partial charge in [-0.2, -0.15) is 0 Å². The van der Waals surface area contributed by atoms with Gasteiger partial charge in [-0.1, -0.05) is 44.2 Å². The van der Waals surface area contributed by atoms with Crippen molar-refractivity contribution in [2.45, 2.75) is 60.0 Å². The van der Waals surface area contributed by atoms with Crippen LogP contribution in [0.15, 0.2) is 48.7 Å². The Labute approximate surface area is 275 Å². The molecule has 1 aliphatic heterocycles. The number of amides is 3. The first-order chi connectivity index (χ1) is 22.5. The van der Waals surface area contributed by atoms with Gasteiger partial charge in [0.1, 0.15) is 18.6 Å². The van der Waals surface area contributed by atoms with Crippen LogP contribution < -0.4 is 19.5 Å². The van der Waals surface area contributed by atoms with Crippen molar-refractivity contribution in [2.24, 2.45) is 5.92 Å². The molecule has 2 atom stereocenters. The summed E-state index contributed by atoms with van der Waals surface area (Å²) in [6.45, 7) is 7.02. The summed E-state index contributed by atoms with van der Waals surface area (Å²) >= 11 is 0. The molecule has 0 unspecified atom stereocenters. The zero-order chi connectivity index (χ0) is 35.9. The van der Waals surface area contributed by atoms with Gasteiger partial charge in [-0.15, -0.1) is 0 Å². The molecule has 3 rings (SSSR count). The van der Waals surface area contributed by atoms with Crippen molar-refractivity contribution in [2.75, 3.05) is 6.54 Å². The number of carboxylic acids is 1. The second kappa shape index (κ2) is 15.6. The van der Waals surface area contributed by atoms with Crippen molar-refractivity contribution in [3.63, 3.8) is 0 Å². The van der Waals surface area contributed by atoms with Gasteiger partial charge >= 0.3 is 23.9 Å². The quantitative estimate of drug-likeness (QED) is 0.190. The Morgan fingerprint density at radius 3 is 1.85 bits per heavy atom. The third-order valence-corrected chi connectivity index (χ3v) is 6.88. The molecule has 48 heavy (non-hydrogen) atoms. The lowest BCUT2D eigenvalue weighted by molar-refractivity contribution is -0.150. The zero-order valence-corrected chi connectivity index (χ0v) is 27.1. The molecule has 2 aromatic carbocycles. The normalized spacial score (nSPS) is 14.9. The molecule has 15 heteroatoms. The van der Waals surface area contributed by atoms with Crippen LogP contribution in [0.25, 0.3) is 5.70 Å². The van der Waals surface area contributed by atoms with Crippen LogP contribution in [-0.2, 0) is 44.8 Å². The molecule has 1 heterocycles. The lowest BCUT2D eigenvalue weighted by Gasteiger charge is -2.40. The number of carbonyl (C=O) groups excluding carboxylic acids is 7. The Morgan fingerprint density at radius 1 is 0.854 bits per heavy atom. The number of ether oxygens (including phenoxy) is 3. The summed E-state index contributed by atoms with van der Waals surface area (Å²) in [6, 6.07) is 8.15. The molecule has 254 valence electrons. The van der Waals surface area contributed by atoms with Crippen LogP contribution in [0.2, 0.25) is 0 Å². The highest BCUT2D eigenvalue weighted by atomic mass is 16.6. The van der Waals surface area contributed by atoms with E-state index in [1.807, 2.05) is 0 Å². The molecule has 2 N–H and O–H groups in total. The monoisotopic (exact) mass is 665 g/mol. The maximum absolute atomic E-state index is 14.1. The van der Waals surface area contributed by atoms with Crippen molar-refractivity contribution >= 4 is 53.1 Å². The van der Waals surface area contributed by atoms with Crippen molar-refractivity contribution in [3.05, 3.63) is 59.8 Å². The fourth-order valence-corrected chi connectivity index (χ4v) is 4.99. The van der Waals surface area contributed by atoms with E-state index >= 15 is 0 Å². The number of esters is 3. The molecule has 0 radical (unpaired) electrons. The van der Waals surface area contributed by atoms with E-state index < -0.39 is 77.7 Å². The Hall–Kier alpha value is -5.86. The van der Waals surface area contributed by atoms with Crippen LogP contribution >= 0.6 is 0 Å². The maximum atomic E-state index is 14.1. The van der Waals surface area contributed by atoms with E-state index in [1.165, 1.54) is 25.3 Å². The number of rotatable bonds is 12. The van der Waals surface area contributed by atoms with Gasteiger partial charge in [-0.05, 0) is 23.6 Å². The third kappa shape index (κ3) is 9.11. The average molecular weight is 666 g/mol. The largest absolute Gasteiger partial charge is 0.475 e. The Bertz CT molecular complexity index is 1640. The molecular formula is C33H35N3O12. The summed E-state index contributed by atoms with van der Waals surface area (Å²) in [6.07, 6.45) is 1.12. The van der Waals surface area contributed by atoms with E-state index in [-0.39, 0.29) is 29.2 Å². The zero-order valence-electron chi connectivity index (χ0n) is 27.1. The number of ketones is 1. The topological polar surface area (TPSA) is 203 Å². The number of benzene rings is 2. The lowest BCUT2D eigenvalue weighted by atomic mass is 9.96. The number of carboxylic acid groups (broad SMARTS) is 1. The molecule has 0 saturated carbocycles. The van der Waals surface area contributed by atoms with E-state index in [9.17, 15) is 43.5 Å². The summed E-state index contributed by atoms with van der Waals surface area (Å²) in [4.78, 5) is 103. The van der Waals surface area contributed by atoms with Crippen LogP contribution in [0.1, 0.15) is 52.7 Å². The van der Waals surface area contributed by atoms with Crippen molar-refractivity contribution in [1.29, 1.82) is 0 Å². The average Bonchev–Trinajstić information content (AvgIpc) is 2.98. The second-order valence-corrected chi connectivity index (χ2v) is 11.1. The minimum Gasteiger partial charge on any atom is -0.475 e. The maximum Gasteiger partial charge on any atom is 0.374 e. The molecule has 3 amide bonds. The minimum absolute atomic E-state index is 0.0181. The number of nitrogens with zero attached hydrogens (tertiary/aromatic N) is 2. The van der Waals surface area contributed by atoms with E-state index in [4.69, 9.17) is 14.2 Å². The van der Waals surface area contributed by atoms with Crippen molar-refractivity contribution < 1.29 is 57.7 Å². The predicted octanol–water partition coefficient (Wildman–Crippen LogP) is 1.86. The molecule has 1 aliphatic rings. The fourth-order valence-electron chi connectivity index (χ4n) is 4.99. The molecule has 0 aromatic heterocycles. The Morgan fingerprint density at radius 2 is 1.40 bits per heavy atom. The van der Waals surface area contributed by atoms with Crippen LogP contribution in [0.5, 0.6) is 17.2 Å². The number of Topliss-reactive ketones (excluding diaryl/α,β-unsaturated/α-hetero) is 1. The highest BCUT2D eigenvalue weighted by molar-refractivity contribution is 6.35. The molecule has 15 nitrogen and oxygen atoms in total.